The van der Waals surface area contributed by atoms with Crippen molar-refractivity contribution in [1.82, 2.24) is 0 Å². The summed E-state index contributed by atoms with van der Waals surface area (Å²) in [6, 6.07) is 6.87. The summed E-state index contributed by atoms with van der Waals surface area (Å²) in [4.78, 5) is 0. The highest BCUT2D eigenvalue weighted by molar-refractivity contribution is 9.10. The van der Waals surface area contributed by atoms with Gasteiger partial charge in [-0.15, -0.1) is 0 Å². The van der Waals surface area contributed by atoms with E-state index in [2.05, 4.69) is 21.2 Å². The van der Waals surface area contributed by atoms with E-state index in [1.165, 1.54) is 0 Å². The monoisotopic (exact) mass is 359 g/mol. The number of methoxy groups -OCH3 is 1. The minimum atomic E-state index is -1.20. The highest BCUT2D eigenvalue weighted by Gasteiger charge is 2.11. The Morgan fingerprint density at radius 3 is 2.52 bits per heavy atom. The lowest BCUT2D eigenvalue weighted by atomic mass is 10.1. The molecule has 1 N–H and O–H groups in total. The van der Waals surface area contributed by atoms with E-state index in [0.717, 1.165) is 21.8 Å². The molecule has 2 aromatic carbocycles. The molecule has 0 unspecified atom stereocenters. The van der Waals surface area contributed by atoms with Crippen molar-refractivity contribution >= 4 is 21.6 Å². The molecule has 2 rings (SSSR count). The Balaban J connectivity index is 2.21. The fraction of sp³-hybridized carbons (Fsp3) is 0.200. The lowest BCUT2D eigenvalue weighted by Crippen LogP contribution is -2.06. The molecular formula is C15H13BrF3NO. The van der Waals surface area contributed by atoms with Gasteiger partial charge in [0.25, 0.3) is 0 Å². The molecule has 0 fully saturated rings. The van der Waals surface area contributed by atoms with Gasteiger partial charge in [0, 0.05) is 41.0 Å². The lowest BCUT2D eigenvalue weighted by molar-refractivity contribution is 0.185. The van der Waals surface area contributed by atoms with E-state index in [1.54, 1.807) is 13.2 Å². The van der Waals surface area contributed by atoms with Gasteiger partial charge < -0.3 is 10.1 Å². The quantitative estimate of drug-likeness (QED) is 0.786. The molecule has 0 radical (unpaired) electrons. The minimum Gasteiger partial charge on any atom is -0.381 e. The Kier molecular flexibility index (Phi) is 5.25. The fourth-order valence-electron chi connectivity index (χ4n) is 1.90. The molecule has 0 saturated carbocycles. The van der Waals surface area contributed by atoms with Crippen LogP contribution in [0.25, 0.3) is 0 Å². The number of halogens is 4. The van der Waals surface area contributed by atoms with Gasteiger partial charge in [0.15, 0.2) is 11.6 Å². The Morgan fingerprint density at radius 2 is 1.81 bits per heavy atom. The smallest absolute Gasteiger partial charge is 0.161 e. The molecule has 2 nitrogen and oxygen atoms in total. The third kappa shape index (κ3) is 3.77. The van der Waals surface area contributed by atoms with Crippen LogP contribution in [-0.4, -0.2) is 7.11 Å². The minimum absolute atomic E-state index is 0.0379. The first-order chi connectivity index (χ1) is 10.0. The first kappa shape index (κ1) is 15.9. The van der Waals surface area contributed by atoms with Gasteiger partial charge in [-0.2, -0.15) is 0 Å². The molecule has 0 aliphatic rings. The largest absolute Gasteiger partial charge is 0.381 e. The van der Waals surface area contributed by atoms with Crippen molar-refractivity contribution in [3.63, 3.8) is 0 Å². The summed E-state index contributed by atoms with van der Waals surface area (Å²) in [5, 5.41) is 3.00. The zero-order valence-electron chi connectivity index (χ0n) is 11.2. The summed E-state index contributed by atoms with van der Waals surface area (Å²) in [5.74, 6) is -3.05. The maximum atomic E-state index is 13.6. The second kappa shape index (κ2) is 6.95. The third-order valence-electron chi connectivity index (χ3n) is 2.97. The first-order valence-electron chi connectivity index (χ1n) is 6.16. The second-order valence-corrected chi connectivity index (χ2v) is 5.26. The van der Waals surface area contributed by atoms with Crippen LogP contribution in [0.15, 0.2) is 34.8 Å². The average molecular weight is 360 g/mol. The first-order valence-corrected chi connectivity index (χ1v) is 6.96. The number of benzene rings is 2. The van der Waals surface area contributed by atoms with Crippen molar-refractivity contribution < 1.29 is 17.9 Å². The second-order valence-electron chi connectivity index (χ2n) is 4.41. The number of hydrogen-bond donors (Lipinski definition) is 1. The van der Waals surface area contributed by atoms with Gasteiger partial charge in [0.2, 0.25) is 0 Å². The van der Waals surface area contributed by atoms with E-state index < -0.39 is 17.5 Å². The molecule has 2 aromatic rings. The molecule has 0 amide bonds. The zero-order valence-corrected chi connectivity index (χ0v) is 12.8. The van der Waals surface area contributed by atoms with Gasteiger partial charge in [0.1, 0.15) is 5.82 Å². The van der Waals surface area contributed by atoms with Crippen LogP contribution in [0.2, 0.25) is 0 Å². The summed E-state index contributed by atoms with van der Waals surface area (Å²) < 4.78 is 45.6. The summed E-state index contributed by atoms with van der Waals surface area (Å²) >= 11 is 3.41. The van der Waals surface area contributed by atoms with Crippen molar-refractivity contribution in [2.75, 3.05) is 12.4 Å². The van der Waals surface area contributed by atoms with Gasteiger partial charge in [0.05, 0.1) is 6.61 Å². The summed E-state index contributed by atoms with van der Waals surface area (Å²) in [6.45, 7) is 0.403. The normalized spacial score (nSPS) is 10.7. The highest BCUT2D eigenvalue weighted by Crippen LogP contribution is 2.26. The molecule has 6 heteroatoms. The van der Waals surface area contributed by atoms with Gasteiger partial charge in [-0.05, 0) is 18.2 Å². The third-order valence-corrected chi connectivity index (χ3v) is 3.71. The number of nitrogens with one attached hydrogen (secondary N) is 1. The summed E-state index contributed by atoms with van der Waals surface area (Å²) in [7, 11) is 1.57. The number of ether oxygens (including phenoxy) is 1. The number of anilines is 1. The number of rotatable bonds is 5. The fourth-order valence-corrected chi connectivity index (χ4v) is 2.39. The van der Waals surface area contributed by atoms with Crippen LogP contribution in [-0.2, 0) is 17.9 Å². The van der Waals surface area contributed by atoms with Crippen LogP contribution < -0.4 is 5.32 Å². The van der Waals surface area contributed by atoms with Crippen LogP contribution in [0.5, 0.6) is 0 Å². The van der Waals surface area contributed by atoms with Gasteiger partial charge in [-0.1, -0.05) is 22.0 Å². The predicted octanol–water partition coefficient (Wildman–Crippen LogP) is 4.62. The van der Waals surface area contributed by atoms with Crippen molar-refractivity contribution in [3.05, 3.63) is 63.4 Å². The van der Waals surface area contributed by atoms with Crippen LogP contribution in [0.1, 0.15) is 11.1 Å². The maximum absolute atomic E-state index is 13.6. The topological polar surface area (TPSA) is 21.3 Å². The van der Waals surface area contributed by atoms with Gasteiger partial charge in [-0.25, -0.2) is 13.2 Å². The molecule has 0 saturated heterocycles. The molecular weight excluding hydrogens is 347 g/mol. The van der Waals surface area contributed by atoms with Crippen molar-refractivity contribution in [3.8, 4) is 0 Å². The van der Waals surface area contributed by atoms with Crippen molar-refractivity contribution in [1.29, 1.82) is 0 Å². The SMILES string of the molecule is COCc1c(Br)cccc1NCc1cc(F)c(F)cc1F. The number of hydrogen-bond acceptors (Lipinski definition) is 2. The zero-order chi connectivity index (χ0) is 15.4. The molecule has 0 atom stereocenters. The predicted molar refractivity (Wildman–Crippen MR) is 78.5 cm³/mol. The van der Waals surface area contributed by atoms with Crippen LogP contribution >= 0.6 is 15.9 Å². The van der Waals surface area contributed by atoms with Crippen molar-refractivity contribution in [2.45, 2.75) is 13.2 Å². The van der Waals surface area contributed by atoms with E-state index in [-0.39, 0.29) is 12.1 Å². The van der Waals surface area contributed by atoms with Crippen LogP contribution in [0.3, 0.4) is 0 Å². The summed E-state index contributed by atoms with van der Waals surface area (Å²) in [5.41, 5.74) is 1.65. The van der Waals surface area contributed by atoms with Crippen LogP contribution in [0.4, 0.5) is 18.9 Å². The highest BCUT2D eigenvalue weighted by atomic mass is 79.9. The van der Waals surface area contributed by atoms with E-state index in [1.807, 2.05) is 12.1 Å². The molecule has 112 valence electrons. The molecule has 0 heterocycles. The van der Waals surface area contributed by atoms with Crippen LogP contribution in [0, 0.1) is 17.5 Å². The standard InChI is InChI=1S/C15H13BrF3NO/c1-21-8-10-11(16)3-2-4-15(10)20-7-9-5-13(18)14(19)6-12(9)17/h2-6,20H,7-8H2,1H3. The van der Waals surface area contributed by atoms with E-state index in [0.29, 0.717) is 12.7 Å². The molecule has 21 heavy (non-hydrogen) atoms. The van der Waals surface area contributed by atoms with E-state index >= 15 is 0 Å². The van der Waals surface area contributed by atoms with E-state index in [9.17, 15) is 13.2 Å². The maximum Gasteiger partial charge on any atom is 0.161 e. The van der Waals surface area contributed by atoms with E-state index in [4.69, 9.17) is 4.74 Å². The molecule has 0 aliphatic carbocycles. The Bertz CT molecular complexity index is 649. The Labute approximate surface area is 129 Å². The lowest BCUT2D eigenvalue weighted by Gasteiger charge is -2.14. The van der Waals surface area contributed by atoms with Gasteiger partial charge >= 0.3 is 0 Å². The van der Waals surface area contributed by atoms with Gasteiger partial charge in [-0.3, -0.25) is 0 Å². The average Bonchev–Trinajstić information content (AvgIpc) is 2.44. The molecule has 0 spiro atoms. The Morgan fingerprint density at radius 1 is 1.10 bits per heavy atom. The van der Waals surface area contributed by atoms with Crippen molar-refractivity contribution in [2.24, 2.45) is 0 Å². The molecule has 0 aliphatic heterocycles. The Hall–Kier alpha value is -1.53. The molecule has 0 aromatic heterocycles. The summed E-state index contributed by atoms with van der Waals surface area (Å²) in [6.07, 6.45) is 0. The molecule has 0 bridgehead atoms.